The summed E-state index contributed by atoms with van der Waals surface area (Å²) >= 11 is 6.89. The number of hydrogen-bond acceptors (Lipinski definition) is 2. The molecule has 0 aromatic rings. The van der Waals surface area contributed by atoms with Crippen molar-refractivity contribution in [1.82, 2.24) is 0 Å². The Morgan fingerprint density at radius 1 is 0.833 bits per heavy atom. The van der Waals surface area contributed by atoms with Crippen LogP contribution in [0.1, 0.15) is 0 Å². The first kappa shape index (κ1) is 34.1. The van der Waals surface area contributed by atoms with Gasteiger partial charge in [0.25, 0.3) is 0 Å². The van der Waals surface area contributed by atoms with Crippen molar-refractivity contribution in [2.75, 3.05) is 0 Å². The topological polar surface area (TPSA) is 0 Å². The quantitative estimate of drug-likeness (QED) is 0.172. The molecule has 0 spiro atoms. The maximum Gasteiger partial charge on any atom is 0 e. The third-order valence-corrected chi connectivity index (χ3v) is 0. The van der Waals surface area contributed by atoms with Crippen molar-refractivity contribution < 1.29 is 84.3 Å². The minimum absolute atomic E-state index is 0. The molecule has 0 aromatic heterocycles. The fourth-order valence-electron chi connectivity index (χ4n) is 0. The second kappa shape index (κ2) is 39.4. The van der Waals surface area contributed by atoms with E-state index >= 15 is 0 Å². The summed E-state index contributed by atoms with van der Waals surface area (Å²) in [6, 6.07) is 0. The van der Waals surface area contributed by atoms with E-state index in [1.807, 2.05) is 0 Å². The van der Waals surface area contributed by atoms with E-state index in [1.54, 1.807) is 0 Å². The molecule has 0 rings (SSSR count). The summed E-state index contributed by atoms with van der Waals surface area (Å²) in [4.78, 5) is 0. The molecule has 0 aromatic carbocycles. The maximum absolute atomic E-state index is 3.78. The second-order valence-corrected chi connectivity index (χ2v) is 0. The van der Waals surface area contributed by atoms with Gasteiger partial charge in [-0.15, -0.1) is 0 Å². The predicted molar refractivity (Wildman–Crippen MR) is 16.4 cm³/mol. The van der Waals surface area contributed by atoms with Crippen LogP contribution in [0.2, 0.25) is 0 Å². The van der Waals surface area contributed by atoms with Crippen LogP contribution in [0.3, 0.4) is 0 Å². The molecule has 6 heteroatoms. The Bertz CT molecular complexity index is 9.51. The van der Waals surface area contributed by atoms with Crippen LogP contribution in [0, 0.1) is 0 Å². The summed E-state index contributed by atoms with van der Waals surface area (Å²) in [5.41, 5.74) is 0. The molecule has 0 heterocycles. The van der Waals surface area contributed by atoms with Gasteiger partial charge in [0.15, 0.2) is 0 Å². The van der Waals surface area contributed by atoms with Crippen molar-refractivity contribution in [3.05, 3.63) is 0 Å². The standard InChI is InChI=1S/2Mo.2Pt.H2S2/c;;;;1-2/h;;;;1-2H/p-1. The summed E-state index contributed by atoms with van der Waals surface area (Å²) in [5, 5.41) is 0. The van der Waals surface area contributed by atoms with Crippen LogP contribution in [0.4, 0.5) is 0 Å². The fourth-order valence-corrected chi connectivity index (χ4v) is 0. The maximum atomic E-state index is 3.78. The Morgan fingerprint density at radius 2 is 0.833 bits per heavy atom. The number of rotatable bonds is 0. The van der Waals surface area contributed by atoms with Crippen LogP contribution in [0.5, 0.6) is 0 Å². The minimum Gasteiger partial charge on any atom is -0.723 e. The van der Waals surface area contributed by atoms with Crippen molar-refractivity contribution in [1.29, 1.82) is 0 Å². The van der Waals surface area contributed by atoms with Gasteiger partial charge < -0.3 is 23.3 Å². The Hall–Kier alpha value is 3.45. The van der Waals surface area contributed by atoms with Gasteiger partial charge in [0.2, 0.25) is 0 Å². The molecule has 0 aliphatic heterocycles. The van der Waals surface area contributed by atoms with Gasteiger partial charge in [-0.3, -0.25) is 0 Å². The Balaban J connectivity index is -0.000000000833. The summed E-state index contributed by atoms with van der Waals surface area (Å²) in [6.45, 7) is 0. The molecule has 0 saturated heterocycles. The molecule has 0 unspecified atom stereocenters. The molecular formula is HMo2Pt2S2-. The third-order valence-electron chi connectivity index (χ3n) is 0. The molecule has 0 aliphatic rings. The van der Waals surface area contributed by atoms with Gasteiger partial charge in [-0.25, -0.2) is 0 Å². The van der Waals surface area contributed by atoms with Crippen LogP contribution in [-0.2, 0) is 95.9 Å². The van der Waals surface area contributed by atoms with Gasteiger partial charge in [-0.05, 0) is 0 Å². The molecule has 0 aliphatic carbocycles. The zero-order chi connectivity index (χ0) is 2.00. The van der Waals surface area contributed by atoms with Crippen LogP contribution in [0.25, 0.3) is 0 Å². The smallest absolute Gasteiger partial charge is 0 e. The number of hydrogen-bond donors (Lipinski definition) is 1. The molecule has 0 amide bonds. The van der Waals surface area contributed by atoms with Crippen molar-refractivity contribution >= 4 is 23.3 Å². The largest absolute Gasteiger partial charge is 0.723 e. The van der Waals surface area contributed by atoms with Gasteiger partial charge in [0.05, 0.1) is 0 Å². The zero-order valence-electron chi connectivity index (χ0n) is 2.30. The molecule has 46 valence electrons. The van der Waals surface area contributed by atoms with Crippen molar-refractivity contribution in [2.45, 2.75) is 0 Å². The second-order valence-electron chi connectivity index (χ2n) is 0. The van der Waals surface area contributed by atoms with E-state index in [0.717, 1.165) is 0 Å². The average molecular weight is 647 g/mol. The van der Waals surface area contributed by atoms with E-state index < -0.39 is 0 Å². The van der Waals surface area contributed by atoms with Gasteiger partial charge in [-0.1, -0.05) is 0 Å². The molecule has 0 saturated carbocycles. The van der Waals surface area contributed by atoms with Gasteiger partial charge >= 0.3 is 0 Å². The third kappa shape index (κ3) is 26.0. The van der Waals surface area contributed by atoms with Gasteiger partial charge in [-0.2, -0.15) is 0 Å². The molecule has 0 N–H and O–H groups in total. The Kier molecular flexibility index (Phi) is 224. The zero-order valence-corrected chi connectivity index (χ0v) is 12.6. The van der Waals surface area contributed by atoms with E-state index in [9.17, 15) is 0 Å². The van der Waals surface area contributed by atoms with Crippen LogP contribution >= 0.6 is 11.7 Å². The molecular weight excluding hydrogens is 646 g/mol. The van der Waals surface area contributed by atoms with Gasteiger partial charge in [0, 0.05) is 84.3 Å². The SMILES string of the molecule is [Mo].[Mo].[Pt].[Pt].[S-]S. The Labute approximate surface area is 106 Å². The Morgan fingerprint density at radius 3 is 0.833 bits per heavy atom. The normalized spacial score (nSPS) is 1.00. The summed E-state index contributed by atoms with van der Waals surface area (Å²) in [6.07, 6.45) is 0. The van der Waals surface area contributed by atoms with Crippen molar-refractivity contribution in [3.8, 4) is 0 Å². The fraction of sp³-hybridized carbons (Fsp3) is 0. The predicted octanol–water partition coefficient (Wildman–Crippen LogP) is 0.368. The van der Waals surface area contributed by atoms with E-state index in [4.69, 9.17) is 0 Å². The molecule has 6 heavy (non-hydrogen) atoms. The molecule has 0 bridgehead atoms. The van der Waals surface area contributed by atoms with Crippen molar-refractivity contribution in [3.63, 3.8) is 0 Å². The molecule has 0 nitrogen and oxygen atoms in total. The van der Waals surface area contributed by atoms with E-state index in [2.05, 4.69) is 23.3 Å². The molecule has 0 fully saturated rings. The average Bonchev–Trinajstić information content (AvgIpc) is 1.00. The van der Waals surface area contributed by atoms with E-state index in [0.29, 0.717) is 0 Å². The van der Waals surface area contributed by atoms with Crippen molar-refractivity contribution in [2.24, 2.45) is 0 Å². The minimum atomic E-state index is 0. The monoisotopic (exact) mass is 651 g/mol. The summed E-state index contributed by atoms with van der Waals surface area (Å²) < 4.78 is 0. The van der Waals surface area contributed by atoms with E-state index in [-0.39, 0.29) is 84.3 Å². The molecule has 0 radical (unpaired) electrons. The van der Waals surface area contributed by atoms with Crippen LogP contribution in [0.15, 0.2) is 0 Å². The first-order chi connectivity index (χ1) is 1.00. The molecule has 0 atom stereocenters. The first-order valence-electron chi connectivity index (χ1n) is 0.183. The first-order valence-corrected chi connectivity index (χ1v) is 1.64. The van der Waals surface area contributed by atoms with Crippen LogP contribution < -0.4 is 0 Å². The number of thiol groups is 1. The van der Waals surface area contributed by atoms with Gasteiger partial charge in [0.1, 0.15) is 0 Å². The summed E-state index contributed by atoms with van der Waals surface area (Å²) in [7, 11) is 0. The van der Waals surface area contributed by atoms with Crippen LogP contribution in [-0.4, -0.2) is 0 Å². The summed E-state index contributed by atoms with van der Waals surface area (Å²) in [5.74, 6) is 0. The van der Waals surface area contributed by atoms with E-state index in [1.165, 1.54) is 0 Å².